The van der Waals surface area contributed by atoms with E-state index in [2.05, 4.69) is 23.6 Å². The molecular formula is C18H35N3. The zero-order valence-electron chi connectivity index (χ0n) is 14.2. The molecule has 3 aliphatic rings. The summed E-state index contributed by atoms with van der Waals surface area (Å²) in [5.74, 6) is 0.971. The number of nitrogens with two attached hydrogens (primary N) is 1. The van der Waals surface area contributed by atoms with Crippen molar-refractivity contribution in [3.63, 3.8) is 0 Å². The van der Waals surface area contributed by atoms with Crippen molar-refractivity contribution in [3.05, 3.63) is 0 Å². The molecule has 2 aliphatic heterocycles. The molecule has 3 rings (SSSR count). The molecule has 2 heterocycles. The first-order chi connectivity index (χ1) is 10.2. The summed E-state index contributed by atoms with van der Waals surface area (Å²) in [5, 5.41) is 0. The third-order valence-corrected chi connectivity index (χ3v) is 6.69. The maximum absolute atomic E-state index is 6.34. The second kappa shape index (κ2) is 6.55. The number of nitrogens with zero attached hydrogens (tertiary/aromatic N) is 2. The SMILES string of the molecule is CC(C)N1CCC(CN)(N2CCCC2C2CCCC2)CC1. The van der Waals surface area contributed by atoms with Gasteiger partial charge in [0.2, 0.25) is 0 Å². The molecule has 3 nitrogen and oxygen atoms in total. The van der Waals surface area contributed by atoms with Crippen molar-refractivity contribution in [2.75, 3.05) is 26.2 Å². The maximum atomic E-state index is 6.34. The van der Waals surface area contributed by atoms with Crippen LogP contribution in [-0.2, 0) is 0 Å². The van der Waals surface area contributed by atoms with Crippen LogP contribution >= 0.6 is 0 Å². The lowest BCUT2D eigenvalue weighted by Crippen LogP contribution is -2.62. The minimum Gasteiger partial charge on any atom is -0.329 e. The Bertz CT molecular complexity index is 327. The molecule has 1 atom stereocenters. The van der Waals surface area contributed by atoms with Crippen molar-refractivity contribution in [2.24, 2.45) is 11.7 Å². The highest BCUT2D eigenvalue weighted by molar-refractivity contribution is 5.02. The molecule has 0 radical (unpaired) electrons. The van der Waals surface area contributed by atoms with E-state index in [-0.39, 0.29) is 0 Å². The van der Waals surface area contributed by atoms with Gasteiger partial charge in [0.05, 0.1) is 0 Å². The van der Waals surface area contributed by atoms with Gasteiger partial charge in [-0.1, -0.05) is 12.8 Å². The molecule has 1 unspecified atom stereocenters. The number of hydrogen-bond donors (Lipinski definition) is 1. The van der Waals surface area contributed by atoms with Gasteiger partial charge in [-0.2, -0.15) is 0 Å². The molecule has 0 spiro atoms. The van der Waals surface area contributed by atoms with Crippen LogP contribution in [0.1, 0.15) is 65.2 Å². The van der Waals surface area contributed by atoms with Gasteiger partial charge in [-0.15, -0.1) is 0 Å². The maximum Gasteiger partial charge on any atom is 0.0359 e. The fraction of sp³-hybridized carbons (Fsp3) is 1.00. The zero-order valence-corrected chi connectivity index (χ0v) is 14.2. The van der Waals surface area contributed by atoms with Crippen molar-refractivity contribution in [1.82, 2.24) is 9.80 Å². The highest BCUT2D eigenvalue weighted by Crippen LogP contribution is 2.41. The first kappa shape index (κ1) is 15.8. The predicted molar refractivity (Wildman–Crippen MR) is 89.4 cm³/mol. The van der Waals surface area contributed by atoms with E-state index in [9.17, 15) is 0 Å². The van der Waals surface area contributed by atoms with E-state index in [0.29, 0.717) is 11.6 Å². The Morgan fingerprint density at radius 1 is 1.00 bits per heavy atom. The van der Waals surface area contributed by atoms with E-state index in [1.165, 1.54) is 71.0 Å². The molecule has 0 bridgehead atoms. The summed E-state index contributed by atoms with van der Waals surface area (Å²) < 4.78 is 0. The second-order valence-corrected chi connectivity index (χ2v) is 8.01. The minimum atomic E-state index is 0.315. The Morgan fingerprint density at radius 3 is 2.24 bits per heavy atom. The van der Waals surface area contributed by atoms with Crippen LogP contribution in [0.25, 0.3) is 0 Å². The lowest BCUT2D eigenvalue weighted by Gasteiger charge is -2.51. The van der Waals surface area contributed by atoms with Gasteiger partial charge in [-0.25, -0.2) is 0 Å². The average molecular weight is 293 g/mol. The van der Waals surface area contributed by atoms with Crippen LogP contribution in [0.5, 0.6) is 0 Å². The van der Waals surface area contributed by atoms with Crippen molar-refractivity contribution in [3.8, 4) is 0 Å². The van der Waals surface area contributed by atoms with Gasteiger partial charge in [0, 0.05) is 37.3 Å². The molecule has 3 fully saturated rings. The van der Waals surface area contributed by atoms with E-state index >= 15 is 0 Å². The summed E-state index contributed by atoms with van der Waals surface area (Å²) in [6, 6.07) is 1.53. The van der Waals surface area contributed by atoms with Gasteiger partial charge in [-0.3, -0.25) is 4.90 Å². The lowest BCUT2D eigenvalue weighted by molar-refractivity contribution is -0.00415. The molecule has 21 heavy (non-hydrogen) atoms. The Hall–Kier alpha value is -0.120. The number of rotatable bonds is 4. The molecule has 2 N–H and O–H groups in total. The van der Waals surface area contributed by atoms with E-state index in [1.807, 2.05) is 0 Å². The number of likely N-dealkylation sites (tertiary alicyclic amines) is 2. The number of hydrogen-bond acceptors (Lipinski definition) is 3. The normalized spacial score (nSPS) is 32.3. The number of piperidine rings is 1. The molecule has 2 saturated heterocycles. The zero-order chi connectivity index (χ0) is 14.9. The third kappa shape index (κ3) is 3.02. The highest BCUT2D eigenvalue weighted by Gasteiger charge is 2.46. The Morgan fingerprint density at radius 2 is 1.67 bits per heavy atom. The average Bonchev–Trinajstić information content (AvgIpc) is 3.17. The Balaban J connectivity index is 1.70. The fourth-order valence-electron chi connectivity index (χ4n) is 5.28. The molecule has 122 valence electrons. The molecule has 0 aromatic heterocycles. The van der Waals surface area contributed by atoms with Gasteiger partial charge in [0.1, 0.15) is 0 Å². The monoisotopic (exact) mass is 293 g/mol. The van der Waals surface area contributed by atoms with Crippen LogP contribution in [-0.4, -0.2) is 53.6 Å². The predicted octanol–water partition coefficient (Wildman–Crippen LogP) is 2.84. The molecule has 1 saturated carbocycles. The Labute approximate surface area is 131 Å². The van der Waals surface area contributed by atoms with Crippen LogP contribution in [0.3, 0.4) is 0 Å². The quantitative estimate of drug-likeness (QED) is 0.865. The van der Waals surface area contributed by atoms with Gasteiger partial charge in [0.15, 0.2) is 0 Å². The summed E-state index contributed by atoms with van der Waals surface area (Å²) in [5.41, 5.74) is 6.65. The molecule has 0 aromatic carbocycles. The van der Waals surface area contributed by atoms with E-state index in [0.717, 1.165) is 18.5 Å². The summed E-state index contributed by atoms with van der Waals surface area (Å²) in [6.45, 7) is 9.30. The molecule has 3 heteroatoms. The standard InChI is InChI=1S/C18H35N3/c1-15(2)20-12-9-18(14-19,10-13-20)21-11-5-8-17(21)16-6-3-4-7-16/h15-17H,3-14,19H2,1-2H3. The van der Waals surface area contributed by atoms with Crippen LogP contribution in [0, 0.1) is 5.92 Å². The highest BCUT2D eigenvalue weighted by atomic mass is 15.3. The van der Waals surface area contributed by atoms with Crippen molar-refractivity contribution < 1.29 is 0 Å². The summed E-state index contributed by atoms with van der Waals surface area (Å²) >= 11 is 0. The summed E-state index contributed by atoms with van der Waals surface area (Å²) in [7, 11) is 0. The first-order valence-corrected chi connectivity index (χ1v) is 9.37. The molecule has 0 amide bonds. The van der Waals surface area contributed by atoms with Crippen molar-refractivity contribution in [1.29, 1.82) is 0 Å². The largest absolute Gasteiger partial charge is 0.329 e. The summed E-state index contributed by atoms with van der Waals surface area (Å²) in [6.07, 6.45) is 11.3. The molecular weight excluding hydrogens is 258 g/mol. The molecule has 1 aliphatic carbocycles. The van der Waals surface area contributed by atoms with Crippen molar-refractivity contribution in [2.45, 2.75) is 82.8 Å². The van der Waals surface area contributed by atoms with Gasteiger partial charge < -0.3 is 10.6 Å². The second-order valence-electron chi connectivity index (χ2n) is 8.01. The Kier molecular flexibility index (Phi) is 4.92. The van der Waals surface area contributed by atoms with Crippen LogP contribution < -0.4 is 5.73 Å². The first-order valence-electron chi connectivity index (χ1n) is 9.37. The van der Waals surface area contributed by atoms with Crippen molar-refractivity contribution >= 4 is 0 Å². The van der Waals surface area contributed by atoms with Crippen LogP contribution in [0.4, 0.5) is 0 Å². The van der Waals surface area contributed by atoms with E-state index in [4.69, 9.17) is 5.73 Å². The minimum absolute atomic E-state index is 0.315. The smallest absolute Gasteiger partial charge is 0.0359 e. The van der Waals surface area contributed by atoms with Gasteiger partial charge >= 0.3 is 0 Å². The van der Waals surface area contributed by atoms with E-state index in [1.54, 1.807) is 0 Å². The third-order valence-electron chi connectivity index (χ3n) is 6.69. The van der Waals surface area contributed by atoms with Gasteiger partial charge in [0.25, 0.3) is 0 Å². The van der Waals surface area contributed by atoms with Gasteiger partial charge in [-0.05, 0) is 64.8 Å². The molecule has 0 aromatic rings. The summed E-state index contributed by atoms with van der Waals surface area (Å²) in [4.78, 5) is 5.52. The van der Waals surface area contributed by atoms with Crippen LogP contribution in [0.15, 0.2) is 0 Å². The van der Waals surface area contributed by atoms with Crippen LogP contribution in [0.2, 0.25) is 0 Å². The fourth-order valence-corrected chi connectivity index (χ4v) is 5.28. The lowest BCUT2D eigenvalue weighted by atomic mass is 9.82. The van der Waals surface area contributed by atoms with E-state index < -0.39 is 0 Å². The topological polar surface area (TPSA) is 32.5 Å².